The first kappa shape index (κ1) is 26.8. The van der Waals surface area contributed by atoms with Gasteiger partial charge in [0.05, 0.1) is 32.9 Å². The quantitative estimate of drug-likeness (QED) is 0.231. The summed E-state index contributed by atoms with van der Waals surface area (Å²) in [6, 6.07) is 11.3. The second-order valence-corrected chi connectivity index (χ2v) is 9.70. The number of ether oxygens (including phenoxy) is 1. The Kier molecular flexibility index (Phi) is 9.83. The number of anilines is 2. The zero-order valence-corrected chi connectivity index (χ0v) is 21.4. The molecule has 178 valence electrons. The lowest BCUT2D eigenvalue weighted by Gasteiger charge is -2.27. The van der Waals surface area contributed by atoms with Crippen molar-refractivity contribution in [1.29, 1.82) is 0 Å². The molecule has 0 N–H and O–H groups in total. The van der Waals surface area contributed by atoms with Crippen molar-refractivity contribution >= 4 is 50.4 Å². The maximum atomic E-state index is 13.1. The van der Waals surface area contributed by atoms with Gasteiger partial charge in [-0.3, -0.25) is 0 Å². The van der Waals surface area contributed by atoms with Gasteiger partial charge in [0.2, 0.25) is 9.84 Å². The van der Waals surface area contributed by atoms with Crippen molar-refractivity contribution in [3.63, 3.8) is 0 Å². The van der Waals surface area contributed by atoms with Crippen LogP contribution in [0.3, 0.4) is 0 Å². The summed E-state index contributed by atoms with van der Waals surface area (Å²) in [7, 11) is -2.12. The number of esters is 1. The van der Waals surface area contributed by atoms with Gasteiger partial charge in [-0.15, -0.1) is 0 Å². The molecule has 0 amide bonds. The van der Waals surface area contributed by atoms with E-state index in [1.807, 2.05) is 30.7 Å². The Hall–Kier alpha value is -2.48. The smallest absolute Gasteiger partial charge is 0.350 e. The van der Waals surface area contributed by atoms with Crippen LogP contribution >= 0.6 is 23.2 Å². The van der Waals surface area contributed by atoms with Crippen molar-refractivity contribution in [1.82, 2.24) is 0 Å². The van der Waals surface area contributed by atoms with Crippen molar-refractivity contribution in [3.8, 4) is 0 Å². The van der Waals surface area contributed by atoms with Crippen molar-refractivity contribution < 1.29 is 17.9 Å². The maximum Gasteiger partial charge on any atom is 0.350 e. The number of sulfone groups is 1. The van der Waals surface area contributed by atoms with Crippen LogP contribution in [0.1, 0.15) is 20.8 Å². The van der Waals surface area contributed by atoms with Gasteiger partial charge in [-0.1, -0.05) is 41.4 Å². The molecule has 0 atom stereocenters. The summed E-state index contributed by atoms with van der Waals surface area (Å²) < 4.78 is 31.1. The summed E-state index contributed by atoms with van der Waals surface area (Å²) in [4.78, 5) is 16.0. The topological polar surface area (TPSA) is 66.9 Å². The minimum Gasteiger partial charge on any atom is -0.462 e. The summed E-state index contributed by atoms with van der Waals surface area (Å²) in [6.07, 6.45) is 4.45. The minimum absolute atomic E-state index is 0.0152. The van der Waals surface area contributed by atoms with E-state index in [1.54, 1.807) is 43.5 Å². The van der Waals surface area contributed by atoms with Gasteiger partial charge in [-0.25, -0.2) is 13.2 Å². The van der Waals surface area contributed by atoms with Gasteiger partial charge in [0.25, 0.3) is 0 Å². The van der Waals surface area contributed by atoms with Gasteiger partial charge in [0, 0.05) is 26.3 Å². The molecule has 2 aromatic rings. The van der Waals surface area contributed by atoms with Crippen molar-refractivity contribution in [2.75, 3.05) is 36.5 Å². The number of rotatable bonds is 10. The van der Waals surface area contributed by atoms with Crippen molar-refractivity contribution in [2.24, 2.45) is 0 Å². The van der Waals surface area contributed by atoms with Gasteiger partial charge >= 0.3 is 5.97 Å². The fraction of sp³-hybridized carbons (Fsp3) is 0.292. The van der Waals surface area contributed by atoms with Gasteiger partial charge in [0.1, 0.15) is 0 Å². The third kappa shape index (κ3) is 6.53. The maximum absolute atomic E-state index is 13.1. The third-order valence-electron chi connectivity index (χ3n) is 4.89. The van der Waals surface area contributed by atoms with E-state index < -0.39 is 20.7 Å². The van der Waals surface area contributed by atoms with E-state index in [1.165, 1.54) is 24.3 Å². The average molecular weight is 511 g/mol. The SMILES string of the molecule is CCOC(=O)/C(=C/C=C\N(CC)c1cc(Cl)c(Cl)cc1N(C)CC)S(=O)(=O)c1ccccc1. The third-order valence-corrected chi connectivity index (χ3v) is 7.38. The molecule has 0 saturated heterocycles. The molecular weight excluding hydrogens is 483 g/mol. The molecule has 0 fully saturated rings. The zero-order valence-electron chi connectivity index (χ0n) is 19.1. The number of carbonyl (C=O) groups excluding carboxylic acids is 1. The number of hydrogen-bond acceptors (Lipinski definition) is 6. The molecule has 9 heteroatoms. The van der Waals surface area contributed by atoms with Crippen LogP contribution in [0.2, 0.25) is 10.0 Å². The average Bonchev–Trinajstić information content (AvgIpc) is 2.80. The van der Waals surface area contributed by atoms with Crippen molar-refractivity contribution in [3.05, 3.63) is 75.8 Å². The molecule has 0 bridgehead atoms. The second-order valence-electron chi connectivity index (χ2n) is 6.96. The molecule has 6 nitrogen and oxygen atoms in total. The van der Waals surface area contributed by atoms with Crippen LogP contribution in [-0.4, -0.2) is 41.1 Å². The van der Waals surface area contributed by atoms with E-state index >= 15 is 0 Å². The Morgan fingerprint density at radius 3 is 2.15 bits per heavy atom. The number of allylic oxidation sites excluding steroid dienone is 2. The first-order valence-electron chi connectivity index (χ1n) is 10.5. The van der Waals surface area contributed by atoms with E-state index in [9.17, 15) is 13.2 Å². The number of nitrogens with zero attached hydrogens (tertiary/aromatic N) is 2. The Bertz CT molecular complexity index is 1130. The van der Waals surface area contributed by atoms with E-state index in [-0.39, 0.29) is 11.5 Å². The van der Waals surface area contributed by atoms with E-state index in [4.69, 9.17) is 27.9 Å². The van der Waals surface area contributed by atoms with Gasteiger partial charge in [-0.2, -0.15) is 0 Å². The molecule has 0 radical (unpaired) electrons. The molecular formula is C24H28Cl2N2O4S. The number of benzene rings is 2. The summed E-state index contributed by atoms with van der Waals surface area (Å²) in [6.45, 7) is 6.94. The summed E-state index contributed by atoms with van der Waals surface area (Å²) in [5, 5.41) is 0.843. The van der Waals surface area contributed by atoms with E-state index in [0.717, 1.165) is 17.9 Å². The molecule has 0 heterocycles. The molecule has 0 spiro atoms. The Morgan fingerprint density at radius 2 is 1.61 bits per heavy atom. The Morgan fingerprint density at radius 1 is 1.00 bits per heavy atom. The largest absolute Gasteiger partial charge is 0.462 e. The summed E-state index contributed by atoms with van der Waals surface area (Å²) >= 11 is 12.5. The summed E-state index contributed by atoms with van der Waals surface area (Å²) in [5.74, 6) is -0.907. The zero-order chi connectivity index (χ0) is 24.6. The highest BCUT2D eigenvalue weighted by molar-refractivity contribution is 7.96. The predicted molar refractivity (Wildman–Crippen MR) is 136 cm³/mol. The van der Waals surface area contributed by atoms with Crippen LogP contribution in [0, 0.1) is 0 Å². The summed E-state index contributed by atoms with van der Waals surface area (Å²) in [5.41, 5.74) is 1.66. The van der Waals surface area contributed by atoms with Gasteiger partial charge in [0.15, 0.2) is 4.91 Å². The van der Waals surface area contributed by atoms with Crippen LogP contribution in [0.25, 0.3) is 0 Å². The first-order chi connectivity index (χ1) is 15.7. The fourth-order valence-electron chi connectivity index (χ4n) is 3.02. The molecule has 0 aliphatic heterocycles. The molecule has 0 aromatic heterocycles. The minimum atomic E-state index is -4.06. The Balaban J connectivity index is 2.52. The lowest BCUT2D eigenvalue weighted by Crippen LogP contribution is -2.22. The van der Waals surface area contributed by atoms with Crippen LogP contribution < -0.4 is 9.80 Å². The molecule has 0 saturated carbocycles. The highest BCUT2D eigenvalue weighted by atomic mass is 35.5. The number of halogens is 2. The van der Waals surface area contributed by atoms with Gasteiger partial charge in [-0.05, 0) is 57.2 Å². The molecule has 2 aromatic carbocycles. The Labute approximate surface area is 206 Å². The molecule has 0 aliphatic rings. The number of carbonyl (C=O) groups is 1. The second kappa shape index (κ2) is 12.1. The van der Waals surface area contributed by atoms with Crippen LogP contribution in [0.15, 0.2) is 70.6 Å². The first-order valence-corrected chi connectivity index (χ1v) is 12.7. The number of hydrogen-bond donors (Lipinski definition) is 0. The van der Waals surface area contributed by atoms with Gasteiger partial charge < -0.3 is 14.5 Å². The van der Waals surface area contributed by atoms with Crippen LogP contribution in [0.4, 0.5) is 11.4 Å². The monoisotopic (exact) mass is 510 g/mol. The predicted octanol–water partition coefficient (Wildman–Crippen LogP) is 5.71. The van der Waals surface area contributed by atoms with E-state index in [2.05, 4.69) is 0 Å². The normalized spacial score (nSPS) is 12.1. The van der Waals surface area contributed by atoms with Crippen molar-refractivity contribution in [2.45, 2.75) is 25.7 Å². The standard InChI is InChI=1S/C24H28Cl2N2O4S/c1-5-27(4)21-16-19(25)20(26)17-22(21)28(6-2)15-11-14-23(24(29)32-7-3)33(30,31)18-12-9-8-10-13-18/h8-17H,5-7H2,1-4H3/b15-11-,23-14-. The van der Waals surface area contributed by atoms with Crippen LogP contribution in [0.5, 0.6) is 0 Å². The lowest BCUT2D eigenvalue weighted by molar-refractivity contribution is -0.137. The molecule has 2 rings (SSSR count). The molecule has 33 heavy (non-hydrogen) atoms. The van der Waals surface area contributed by atoms with E-state index in [0.29, 0.717) is 16.6 Å². The molecule has 0 unspecified atom stereocenters. The molecule has 0 aliphatic carbocycles. The highest BCUT2D eigenvalue weighted by Gasteiger charge is 2.27. The lowest BCUT2D eigenvalue weighted by atomic mass is 10.2. The fourth-order valence-corrected chi connectivity index (χ4v) is 4.64. The van der Waals surface area contributed by atoms with Crippen LogP contribution in [-0.2, 0) is 19.4 Å². The highest BCUT2D eigenvalue weighted by Crippen LogP contribution is 2.37.